The van der Waals surface area contributed by atoms with Gasteiger partial charge in [-0.05, 0) is 48.1 Å². The first-order chi connectivity index (χ1) is 10.2. The Labute approximate surface area is 137 Å². The highest BCUT2D eigenvalue weighted by atomic mass is 35.5. The fourth-order valence-corrected chi connectivity index (χ4v) is 2.99. The number of halogens is 1. The van der Waals surface area contributed by atoms with Gasteiger partial charge < -0.3 is 15.5 Å². The molecule has 0 bridgehead atoms. The number of rotatable bonds is 4. The molecule has 0 heterocycles. The van der Waals surface area contributed by atoms with Crippen molar-refractivity contribution in [1.29, 1.82) is 0 Å². The van der Waals surface area contributed by atoms with Crippen LogP contribution < -0.4 is 5.32 Å². The summed E-state index contributed by atoms with van der Waals surface area (Å²) in [4.78, 5) is 0. The zero-order chi connectivity index (χ0) is 14.7. The van der Waals surface area contributed by atoms with Gasteiger partial charge in [0.25, 0.3) is 0 Å². The summed E-state index contributed by atoms with van der Waals surface area (Å²) in [5, 5.41) is 23.2. The van der Waals surface area contributed by atoms with Gasteiger partial charge in [-0.1, -0.05) is 36.4 Å². The highest BCUT2D eigenvalue weighted by Crippen LogP contribution is 2.25. The van der Waals surface area contributed by atoms with Crippen molar-refractivity contribution >= 4 is 12.4 Å². The molecule has 2 atom stereocenters. The summed E-state index contributed by atoms with van der Waals surface area (Å²) in [6.07, 6.45) is 2.52. The van der Waals surface area contributed by atoms with Gasteiger partial charge in [-0.25, -0.2) is 0 Å². The average Bonchev–Trinajstić information content (AvgIpc) is 2.53. The minimum atomic E-state index is -0.475. The molecule has 0 amide bonds. The fourth-order valence-electron chi connectivity index (χ4n) is 2.99. The van der Waals surface area contributed by atoms with Crippen LogP contribution in [0.15, 0.2) is 48.5 Å². The van der Waals surface area contributed by atoms with Crippen molar-refractivity contribution in [1.82, 2.24) is 5.32 Å². The minimum absolute atomic E-state index is 0. The zero-order valence-electron chi connectivity index (χ0n) is 12.4. The van der Waals surface area contributed by atoms with Crippen LogP contribution in [0.3, 0.4) is 0 Å². The lowest BCUT2D eigenvalue weighted by molar-refractivity contribution is 0.168. The Kier molecular flexibility index (Phi) is 5.83. The maximum atomic E-state index is 10.2. The first-order valence-electron chi connectivity index (χ1n) is 7.49. The summed E-state index contributed by atoms with van der Waals surface area (Å²) in [6.45, 7) is 0.558. The molecule has 3 rings (SSSR count). The third-order valence-electron chi connectivity index (χ3n) is 4.20. The van der Waals surface area contributed by atoms with E-state index < -0.39 is 6.10 Å². The summed E-state index contributed by atoms with van der Waals surface area (Å²) in [6, 6.07) is 15.7. The van der Waals surface area contributed by atoms with E-state index >= 15 is 0 Å². The van der Waals surface area contributed by atoms with Crippen molar-refractivity contribution in [3.05, 3.63) is 65.2 Å². The van der Waals surface area contributed by atoms with Gasteiger partial charge in [-0.2, -0.15) is 0 Å². The molecule has 1 aliphatic carbocycles. The van der Waals surface area contributed by atoms with Crippen LogP contribution in [0, 0.1) is 0 Å². The number of nitrogens with one attached hydrogen (secondary N) is 1. The summed E-state index contributed by atoms with van der Waals surface area (Å²) in [7, 11) is 0. The smallest absolute Gasteiger partial charge is 0.115 e. The molecule has 0 unspecified atom stereocenters. The van der Waals surface area contributed by atoms with Crippen LogP contribution >= 0.6 is 12.4 Å². The fraction of sp³-hybridized carbons (Fsp3) is 0.333. The Balaban J connectivity index is 0.00000176. The average molecular weight is 320 g/mol. The maximum absolute atomic E-state index is 10.2. The van der Waals surface area contributed by atoms with E-state index in [1.54, 1.807) is 6.07 Å². The second-order valence-corrected chi connectivity index (χ2v) is 5.73. The Morgan fingerprint density at radius 3 is 2.64 bits per heavy atom. The van der Waals surface area contributed by atoms with E-state index in [0.29, 0.717) is 18.3 Å². The van der Waals surface area contributed by atoms with Crippen molar-refractivity contribution in [2.45, 2.75) is 31.4 Å². The van der Waals surface area contributed by atoms with Gasteiger partial charge in [0.05, 0.1) is 6.10 Å². The molecule has 0 radical (unpaired) electrons. The predicted octanol–water partition coefficient (Wildman–Crippen LogP) is 2.99. The third kappa shape index (κ3) is 4.01. The summed E-state index contributed by atoms with van der Waals surface area (Å²) < 4.78 is 0. The van der Waals surface area contributed by atoms with Gasteiger partial charge >= 0.3 is 0 Å². The number of aromatic hydroxyl groups is 1. The monoisotopic (exact) mass is 319 g/mol. The Morgan fingerprint density at radius 2 is 1.86 bits per heavy atom. The summed E-state index contributed by atoms with van der Waals surface area (Å²) in [5.41, 5.74) is 3.49. The van der Waals surface area contributed by atoms with E-state index in [4.69, 9.17) is 0 Å². The maximum Gasteiger partial charge on any atom is 0.115 e. The molecule has 0 saturated carbocycles. The molecule has 118 valence electrons. The molecule has 1 aliphatic rings. The zero-order valence-corrected chi connectivity index (χ0v) is 13.2. The molecule has 2 aromatic carbocycles. The first kappa shape index (κ1) is 16.8. The number of phenolic OH excluding ortho intramolecular Hbond substituents is 1. The van der Waals surface area contributed by atoms with Crippen molar-refractivity contribution in [2.24, 2.45) is 0 Å². The van der Waals surface area contributed by atoms with Crippen LogP contribution in [-0.4, -0.2) is 22.8 Å². The summed E-state index contributed by atoms with van der Waals surface area (Å²) >= 11 is 0. The molecule has 2 aromatic rings. The van der Waals surface area contributed by atoms with Gasteiger partial charge in [-0.15, -0.1) is 12.4 Å². The molecule has 22 heavy (non-hydrogen) atoms. The van der Waals surface area contributed by atoms with E-state index in [1.165, 1.54) is 11.1 Å². The van der Waals surface area contributed by atoms with Gasteiger partial charge in [-0.3, -0.25) is 0 Å². The lowest BCUT2D eigenvalue weighted by Crippen LogP contribution is -2.37. The minimum Gasteiger partial charge on any atom is -0.508 e. The number of aliphatic hydroxyl groups is 1. The van der Waals surface area contributed by atoms with Crippen molar-refractivity contribution < 1.29 is 10.2 Å². The number of fused-ring (bicyclic) bond motifs is 1. The summed E-state index contributed by atoms with van der Waals surface area (Å²) in [5.74, 6) is 0.332. The third-order valence-corrected chi connectivity index (χ3v) is 4.20. The first-order valence-corrected chi connectivity index (χ1v) is 7.49. The predicted molar refractivity (Wildman–Crippen MR) is 90.6 cm³/mol. The Morgan fingerprint density at radius 1 is 1.09 bits per heavy atom. The molecule has 0 saturated heterocycles. The molecule has 0 fully saturated rings. The quantitative estimate of drug-likeness (QED) is 0.812. The van der Waals surface area contributed by atoms with Gasteiger partial charge in [0.2, 0.25) is 0 Å². The highest BCUT2D eigenvalue weighted by Gasteiger charge is 2.19. The second-order valence-electron chi connectivity index (χ2n) is 5.73. The number of aryl methyl sites for hydroxylation is 1. The second kappa shape index (κ2) is 7.63. The van der Waals surface area contributed by atoms with Gasteiger partial charge in [0.1, 0.15) is 5.75 Å². The van der Waals surface area contributed by atoms with Crippen LogP contribution in [0.1, 0.15) is 29.2 Å². The van der Waals surface area contributed by atoms with Crippen LogP contribution in [0.5, 0.6) is 5.75 Å². The van der Waals surface area contributed by atoms with Crippen molar-refractivity contribution in [2.75, 3.05) is 6.54 Å². The standard InChI is InChI=1S/C18H21NO2.ClH/c20-17-9-7-13-6-8-16(10-15(13)11-17)19-12-18(21)14-4-2-1-3-5-14;/h1-5,7,9,11,16,18-21H,6,8,10,12H2;1H/t16-,18-;/m1./s1. The number of hydrogen-bond acceptors (Lipinski definition) is 3. The number of aliphatic hydroxyl groups excluding tert-OH is 1. The van der Waals surface area contributed by atoms with Gasteiger partial charge in [0, 0.05) is 12.6 Å². The topological polar surface area (TPSA) is 52.5 Å². The van der Waals surface area contributed by atoms with E-state index in [9.17, 15) is 10.2 Å². The van der Waals surface area contributed by atoms with Crippen LogP contribution in [-0.2, 0) is 12.8 Å². The SMILES string of the molecule is Cl.Oc1ccc2c(c1)C[C@H](NC[C@@H](O)c1ccccc1)CC2. The molecule has 4 heteroatoms. The van der Waals surface area contributed by atoms with Crippen LogP contribution in [0.25, 0.3) is 0 Å². The normalized spacial score (nSPS) is 18.1. The molecular weight excluding hydrogens is 298 g/mol. The van der Waals surface area contributed by atoms with E-state index in [0.717, 1.165) is 24.8 Å². The number of benzene rings is 2. The van der Waals surface area contributed by atoms with Crippen molar-refractivity contribution in [3.63, 3.8) is 0 Å². The molecule has 3 N–H and O–H groups in total. The highest BCUT2D eigenvalue weighted by molar-refractivity contribution is 5.85. The van der Waals surface area contributed by atoms with Crippen molar-refractivity contribution in [3.8, 4) is 5.75 Å². The lowest BCUT2D eigenvalue weighted by Gasteiger charge is -2.26. The molecule has 0 aliphatic heterocycles. The Bertz CT molecular complexity index is 603. The molecular formula is C18H22ClNO2. The lowest BCUT2D eigenvalue weighted by atomic mass is 9.88. The van der Waals surface area contributed by atoms with E-state index in [-0.39, 0.29) is 12.4 Å². The van der Waals surface area contributed by atoms with Crippen LogP contribution in [0.2, 0.25) is 0 Å². The largest absolute Gasteiger partial charge is 0.508 e. The molecule has 3 nitrogen and oxygen atoms in total. The molecule has 0 aromatic heterocycles. The van der Waals surface area contributed by atoms with E-state index in [2.05, 4.69) is 5.32 Å². The van der Waals surface area contributed by atoms with Gasteiger partial charge in [0.15, 0.2) is 0 Å². The molecule has 0 spiro atoms. The number of hydrogen-bond donors (Lipinski definition) is 3. The number of phenols is 1. The van der Waals surface area contributed by atoms with E-state index in [1.807, 2.05) is 42.5 Å². The Hall–Kier alpha value is -1.55. The van der Waals surface area contributed by atoms with Crippen LogP contribution in [0.4, 0.5) is 0 Å².